The van der Waals surface area contributed by atoms with Gasteiger partial charge in [0.05, 0.1) is 4.92 Å². The molecule has 6 heteroatoms. The Morgan fingerprint density at radius 3 is 3.08 bits per heavy atom. The average Bonchev–Trinajstić information content (AvgIpc) is 2.52. The number of pyridine rings is 1. The number of hydrogen-bond acceptors (Lipinski definition) is 3. The quantitative estimate of drug-likeness (QED) is 0.615. The number of nitrogens with one attached hydrogen (secondary N) is 1. The van der Waals surface area contributed by atoms with Gasteiger partial charge in [-0.25, -0.2) is 4.98 Å². The molecule has 0 aliphatic carbocycles. The van der Waals surface area contributed by atoms with Gasteiger partial charge in [-0.3, -0.25) is 10.1 Å². The Morgan fingerprint density at radius 1 is 1.62 bits per heavy atom. The van der Waals surface area contributed by atoms with E-state index in [4.69, 9.17) is 0 Å². The first kappa shape index (κ1) is 8.18. The van der Waals surface area contributed by atoms with Gasteiger partial charge in [0.2, 0.25) is 0 Å². The first-order valence-electron chi connectivity index (χ1n) is 3.46. The molecule has 2 rings (SSSR count). The van der Waals surface area contributed by atoms with E-state index in [-0.39, 0.29) is 5.69 Å². The lowest BCUT2D eigenvalue weighted by Crippen LogP contribution is -1.90. The summed E-state index contributed by atoms with van der Waals surface area (Å²) in [4.78, 5) is 16.8. The molecule has 5 nitrogen and oxygen atoms in total. The van der Waals surface area contributed by atoms with Gasteiger partial charge in [0.1, 0.15) is 16.3 Å². The van der Waals surface area contributed by atoms with Crippen LogP contribution in [-0.4, -0.2) is 14.9 Å². The van der Waals surface area contributed by atoms with Gasteiger partial charge in [0, 0.05) is 11.6 Å². The summed E-state index contributed by atoms with van der Waals surface area (Å²) in [6.45, 7) is 0. The van der Waals surface area contributed by atoms with Crippen molar-refractivity contribution in [3.8, 4) is 0 Å². The monoisotopic (exact) mass is 241 g/mol. The summed E-state index contributed by atoms with van der Waals surface area (Å²) in [6, 6.07) is 1.74. The van der Waals surface area contributed by atoms with E-state index in [0.29, 0.717) is 15.5 Å². The number of aromatic amines is 1. The number of nitro groups is 1. The highest BCUT2D eigenvalue weighted by molar-refractivity contribution is 9.10. The van der Waals surface area contributed by atoms with Gasteiger partial charge in [-0.2, -0.15) is 0 Å². The third kappa shape index (κ3) is 1.19. The fourth-order valence-electron chi connectivity index (χ4n) is 1.09. The number of nitrogens with zero attached hydrogens (tertiary/aromatic N) is 2. The van der Waals surface area contributed by atoms with Crippen LogP contribution in [0, 0.1) is 10.1 Å². The van der Waals surface area contributed by atoms with E-state index in [0.717, 1.165) is 0 Å². The van der Waals surface area contributed by atoms with Crippen molar-refractivity contribution in [2.75, 3.05) is 0 Å². The van der Waals surface area contributed by atoms with Crippen LogP contribution >= 0.6 is 15.9 Å². The van der Waals surface area contributed by atoms with E-state index in [9.17, 15) is 10.1 Å². The first-order valence-corrected chi connectivity index (χ1v) is 4.25. The second kappa shape index (κ2) is 2.81. The zero-order valence-corrected chi connectivity index (χ0v) is 7.91. The van der Waals surface area contributed by atoms with Gasteiger partial charge in [-0.15, -0.1) is 0 Å². The summed E-state index contributed by atoms with van der Waals surface area (Å²) in [6.07, 6.45) is 2.91. The molecule has 2 aromatic rings. The smallest absolute Gasteiger partial charge is 0.302 e. The minimum Gasteiger partial charge on any atom is -0.346 e. The lowest BCUT2D eigenvalue weighted by atomic mass is 10.3. The summed E-state index contributed by atoms with van der Waals surface area (Å²) >= 11 is 3.16. The SMILES string of the molecule is O=[N+]([O-])c1cnc2[nH]ccc2c1Br. The van der Waals surface area contributed by atoms with E-state index >= 15 is 0 Å². The van der Waals surface area contributed by atoms with E-state index < -0.39 is 4.92 Å². The van der Waals surface area contributed by atoms with Gasteiger partial charge >= 0.3 is 5.69 Å². The molecule has 0 bridgehead atoms. The highest BCUT2D eigenvalue weighted by atomic mass is 79.9. The molecular formula is C7H4BrN3O2. The minimum atomic E-state index is -0.469. The maximum Gasteiger partial charge on any atom is 0.302 e. The Morgan fingerprint density at radius 2 is 2.38 bits per heavy atom. The van der Waals surface area contributed by atoms with Gasteiger partial charge in [-0.1, -0.05) is 0 Å². The maximum absolute atomic E-state index is 10.5. The molecule has 0 atom stereocenters. The molecule has 0 saturated carbocycles. The summed E-state index contributed by atoms with van der Waals surface area (Å²) in [5.41, 5.74) is 0.615. The van der Waals surface area contributed by atoms with Gasteiger partial charge in [0.25, 0.3) is 0 Å². The summed E-state index contributed by atoms with van der Waals surface area (Å²) < 4.78 is 0.462. The summed E-state index contributed by atoms with van der Waals surface area (Å²) in [5, 5.41) is 11.2. The van der Waals surface area contributed by atoms with Crippen molar-refractivity contribution in [2.45, 2.75) is 0 Å². The van der Waals surface area contributed by atoms with Crippen molar-refractivity contribution < 1.29 is 4.92 Å². The van der Waals surface area contributed by atoms with Crippen LogP contribution in [0.4, 0.5) is 5.69 Å². The van der Waals surface area contributed by atoms with Crippen LogP contribution in [-0.2, 0) is 0 Å². The topological polar surface area (TPSA) is 71.8 Å². The second-order valence-electron chi connectivity index (χ2n) is 2.45. The van der Waals surface area contributed by atoms with E-state index in [1.165, 1.54) is 6.20 Å². The highest BCUT2D eigenvalue weighted by Crippen LogP contribution is 2.30. The average molecular weight is 242 g/mol. The Hall–Kier alpha value is -1.43. The predicted octanol–water partition coefficient (Wildman–Crippen LogP) is 2.23. The zero-order chi connectivity index (χ0) is 9.42. The molecular weight excluding hydrogens is 238 g/mol. The molecule has 2 aromatic heterocycles. The summed E-state index contributed by atoms with van der Waals surface area (Å²) in [5.74, 6) is 0. The molecule has 0 aromatic carbocycles. The molecule has 0 aliphatic rings. The van der Waals surface area contributed by atoms with Crippen molar-refractivity contribution in [3.05, 3.63) is 33.0 Å². The standard InChI is InChI=1S/C7H4BrN3O2/c8-6-4-1-2-9-7(4)10-3-5(6)11(12)13/h1-3H,(H,9,10). The van der Waals surface area contributed by atoms with E-state index in [2.05, 4.69) is 25.9 Å². The molecule has 0 spiro atoms. The Balaban J connectivity index is 2.80. The molecule has 1 N–H and O–H groups in total. The predicted molar refractivity (Wildman–Crippen MR) is 50.4 cm³/mol. The van der Waals surface area contributed by atoms with Crippen molar-refractivity contribution >= 4 is 32.7 Å². The number of fused-ring (bicyclic) bond motifs is 1. The third-order valence-corrected chi connectivity index (χ3v) is 2.53. The molecule has 0 unspecified atom stereocenters. The fraction of sp³-hybridized carbons (Fsp3) is 0. The number of H-pyrrole nitrogens is 1. The lowest BCUT2D eigenvalue weighted by molar-refractivity contribution is -0.385. The Labute approximate surface area is 81.1 Å². The van der Waals surface area contributed by atoms with E-state index in [1.807, 2.05) is 0 Å². The van der Waals surface area contributed by atoms with Crippen LogP contribution in [0.15, 0.2) is 22.9 Å². The van der Waals surface area contributed by atoms with Crippen LogP contribution in [0.2, 0.25) is 0 Å². The number of aromatic nitrogens is 2. The highest BCUT2D eigenvalue weighted by Gasteiger charge is 2.15. The van der Waals surface area contributed by atoms with Crippen LogP contribution < -0.4 is 0 Å². The second-order valence-corrected chi connectivity index (χ2v) is 3.25. The van der Waals surface area contributed by atoms with Crippen molar-refractivity contribution in [2.24, 2.45) is 0 Å². The van der Waals surface area contributed by atoms with Crippen molar-refractivity contribution in [1.29, 1.82) is 0 Å². The van der Waals surface area contributed by atoms with Gasteiger partial charge < -0.3 is 4.98 Å². The molecule has 0 amide bonds. The molecule has 0 saturated heterocycles. The Bertz CT molecular complexity index is 480. The van der Waals surface area contributed by atoms with Gasteiger partial charge in [0.15, 0.2) is 0 Å². The molecule has 2 heterocycles. The summed E-state index contributed by atoms with van der Waals surface area (Å²) in [7, 11) is 0. The van der Waals surface area contributed by atoms with E-state index in [1.54, 1.807) is 12.3 Å². The number of rotatable bonds is 1. The zero-order valence-electron chi connectivity index (χ0n) is 6.32. The lowest BCUT2D eigenvalue weighted by Gasteiger charge is -1.95. The molecule has 0 radical (unpaired) electrons. The van der Waals surface area contributed by atoms with Crippen LogP contribution in [0.5, 0.6) is 0 Å². The largest absolute Gasteiger partial charge is 0.346 e. The third-order valence-electron chi connectivity index (χ3n) is 1.70. The van der Waals surface area contributed by atoms with Crippen LogP contribution in [0.25, 0.3) is 11.0 Å². The molecule has 13 heavy (non-hydrogen) atoms. The minimum absolute atomic E-state index is 0.0212. The molecule has 0 fully saturated rings. The van der Waals surface area contributed by atoms with Crippen molar-refractivity contribution in [1.82, 2.24) is 9.97 Å². The van der Waals surface area contributed by atoms with Crippen molar-refractivity contribution in [3.63, 3.8) is 0 Å². The molecule has 66 valence electrons. The van der Waals surface area contributed by atoms with Crippen LogP contribution in [0.3, 0.4) is 0 Å². The normalized spacial score (nSPS) is 10.5. The first-order chi connectivity index (χ1) is 6.20. The maximum atomic E-state index is 10.5. The molecule has 0 aliphatic heterocycles. The Kier molecular flexibility index (Phi) is 1.77. The number of halogens is 1. The number of hydrogen-bond donors (Lipinski definition) is 1. The van der Waals surface area contributed by atoms with Gasteiger partial charge in [-0.05, 0) is 22.0 Å². The fourth-order valence-corrected chi connectivity index (χ4v) is 1.66. The van der Waals surface area contributed by atoms with Crippen LogP contribution in [0.1, 0.15) is 0 Å².